The average Bonchev–Trinajstić information content (AvgIpc) is 3.45. The van der Waals surface area contributed by atoms with Gasteiger partial charge < -0.3 is 15.2 Å². The predicted molar refractivity (Wildman–Crippen MR) is 166 cm³/mol. The van der Waals surface area contributed by atoms with Gasteiger partial charge in [0.05, 0.1) is 23.0 Å². The summed E-state index contributed by atoms with van der Waals surface area (Å²) in [5.41, 5.74) is 4.63. The highest BCUT2D eigenvalue weighted by atomic mass is 35.5. The number of H-pyrrole nitrogens is 1. The van der Waals surface area contributed by atoms with Crippen LogP contribution in [-0.2, 0) is 0 Å². The lowest BCUT2D eigenvalue weighted by atomic mass is 10.0. The predicted octanol–water partition coefficient (Wildman–Crippen LogP) is 8.07. The van der Waals surface area contributed by atoms with Gasteiger partial charge in [-0.1, -0.05) is 82.3 Å². The standard InChI is InChI=1S/C28H30ClN5O.2C2H6/c1-34(26(30)19-29)18-8-7-13-25(27-31-23-11-5-6-12-24(23)32-27)33-28(35)22-16-14-21(15-17-22)20-9-3-2-4-10-20;2*1-2/h2-6,9-12,14-17,25,30H,7-8,13,18-19H2,1H3,(H,31,32)(H,33,35);2*1-2H3. The second kappa shape index (κ2) is 17.0. The average molecular weight is 548 g/mol. The molecule has 0 radical (unpaired) electrons. The number of amides is 1. The van der Waals surface area contributed by atoms with E-state index in [9.17, 15) is 4.79 Å². The number of imidazole rings is 1. The molecule has 1 unspecified atom stereocenters. The first-order valence-electron chi connectivity index (χ1n) is 13.8. The molecular weight excluding hydrogens is 506 g/mol. The molecule has 6 nitrogen and oxygen atoms in total. The molecule has 4 rings (SSSR count). The van der Waals surface area contributed by atoms with Crippen LogP contribution in [-0.4, -0.2) is 46.1 Å². The smallest absolute Gasteiger partial charge is 0.251 e. The van der Waals surface area contributed by atoms with Crippen LogP contribution in [0.15, 0.2) is 78.9 Å². The van der Waals surface area contributed by atoms with Crippen molar-refractivity contribution in [3.05, 3.63) is 90.3 Å². The minimum atomic E-state index is -0.249. The number of hydrogen-bond donors (Lipinski definition) is 3. The van der Waals surface area contributed by atoms with Crippen LogP contribution in [0.5, 0.6) is 0 Å². The van der Waals surface area contributed by atoms with Gasteiger partial charge in [0.15, 0.2) is 0 Å². The highest BCUT2D eigenvalue weighted by Crippen LogP contribution is 2.23. The molecular formula is C32H42ClN5O. The van der Waals surface area contributed by atoms with E-state index in [1.54, 1.807) is 0 Å². The van der Waals surface area contributed by atoms with Gasteiger partial charge >= 0.3 is 0 Å². The molecule has 4 aromatic rings. The lowest BCUT2D eigenvalue weighted by Crippen LogP contribution is -2.30. The van der Waals surface area contributed by atoms with Crippen LogP contribution in [0.3, 0.4) is 0 Å². The Bertz CT molecular complexity index is 1240. The third-order valence-electron chi connectivity index (χ3n) is 6.12. The topological polar surface area (TPSA) is 84.9 Å². The molecule has 0 aliphatic heterocycles. The van der Waals surface area contributed by atoms with Gasteiger partial charge in [-0.15, -0.1) is 11.6 Å². The van der Waals surface area contributed by atoms with Crippen molar-refractivity contribution < 1.29 is 4.79 Å². The molecule has 0 spiro atoms. The van der Waals surface area contributed by atoms with E-state index in [1.807, 2.05) is 106 Å². The van der Waals surface area contributed by atoms with Crippen molar-refractivity contribution in [1.29, 1.82) is 5.41 Å². The Morgan fingerprint density at radius 2 is 1.54 bits per heavy atom. The van der Waals surface area contributed by atoms with Crippen molar-refractivity contribution in [1.82, 2.24) is 20.2 Å². The largest absolute Gasteiger partial charge is 0.363 e. The molecule has 1 heterocycles. The second-order valence-electron chi connectivity index (χ2n) is 8.61. The quantitative estimate of drug-likeness (QED) is 0.0811. The number of rotatable bonds is 10. The number of aromatic nitrogens is 2. The Hall–Kier alpha value is -3.64. The number of amidine groups is 1. The lowest BCUT2D eigenvalue weighted by molar-refractivity contribution is 0.0932. The van der Waals surface area contributed by atoms with Crippen LogP contribution in [0.1, 0.15) is 69.2 Å². The number of benzene rings is 3. The summed E-state index contributed by atoms with van der Waals surface area (Å²) in [6.07, 6.45) is 2.48. The fourth-order valence-electron chi connectivity index (χ4n) is 4.04. The maximum atomic E-state index is 13.2. The highest BCUT2D eigenvalue weighted by Gasteiger charge is 2.19. The van der Waals surface area contributed by atoms with E-state index in [4.69, 9.17) is 22.0 Å². The van der Waals surface area contributed by atoms with Gasteiger partial charge in [0, 0.05) is 19.2 Å². The molecule has 208 valence electrons. The Morgan fingerprint density at radius 1 is 0.923 bits per heavy atom. The normalized spacial score (nSPS) is 10.9. The maximum Gasteiger partial charge on any atom is 0.251 e. The molecule has 0 aliphatic carbocycles. The molecule has 1 atom stereocenters. The van der Waals surface area contributed by atoms with E-state index < -0.39 is 0 Å². The van der Waals surface area contributed by atoms with Gasteiger partial charge in [-0.25, -0.2) is 4.98 Å². The number of fused-ring (bicyclic) bond motifs is 1. The van der Waals surface area contributed by atoms with Crippen molar-refractivity contribution in [2.24, 2.45) is 0 Å². The number of unbranched alkanes of at least 4 members (excludes halogenated alkanes) is 1. The first-order chi connectivity index (χ1) is 19.0. The number of alkyl halides is 1. The summed E-state index contributed by atoms with van der Waals surface area (Å²) < 4.78 is 0. The number of carbonyl (C=O) groups is 1. The minimum Gasteiger partial charge on any atom is -0.363 e. The Labute approximate surface area is 238 Å². The summed E-state index contributed by atoms with van der Waals surface area (Å²) in [6.45, 7) is 8.74. The van der Waals surface area contributed by atoms with Crippen molar-refractivity contribution in [3.8, 4) is 11.1 Å². The number of hydrogen-bond acceptors (Lipinski definition) is 3. The molecule has 3 N–H and O–H groups in total. The fourth-order valence-corrected chi connectivity index (χ4v) is 4.24. The zero-order valence-corrected chi connectivity index (χ0v) is 24.6. The summed E-state index contributed by atoms with van der Waals surface area (Å²) in [6, 6.07) is 25.4. The fraction of sp³-hybridized carbons (Fsp3) is 0.344. The van der Waals surface area contributed by atoms with E-state index in [0.717, 1.165) is 53.8 Å². The van der Waals surface area contributed by atoms with Gasteiger partial charge in [0.25, 0.3) is 5.91 Å². The molecule has 0 saturated heterocycles. The third kappa shape index (κ3) is 9.25. The van der Waals surface area contributed by atoms with Crippen LogP contribution in [0, 0.1) is 5.41 Å². The Balaban J connectivity index is 0.00000127. The number of aromatic amines is 1. The van der Waals surface area contributed by atoms with E-state index in [0.29, 0.717) is 11.4 Å². The Morgan fingerprint density at radius 3 is 2.18 bits per heavy atom. The highest BCUT2D eigenvalue weighted by molar-refractivity contribution is 6.27. The number of halogens is 1. The SMILES string of the molecule is CC.CC.CN(CCCCC(NC(=O)c1ccc(-c2ccccc2)cc1)c1nc2ccccc2[nH]1)C(=N)CCl. The molecule has 0 fully saturated rings. The van der Waals surface area contributed by atoms with Crippen molar-refractivity contribution in [2.45, 2.75) is 53.0 Å². The maximum absolute atomic E-state index is 13.2. The second-order valence-corrected chi connectivity index (χ2v) is 8.87. The Kier molecular flexibility index (Phi) is 13.8. The molecule has 1 amide bonds. The lowest BCUT2D eigenvalue weighted by Gasteiger charge is -2.20. The molecule has 0 saturated carbocycles. The number of para-hydroxylation sites is 2. The molecule has 7 heteroatoms. The molecule has 39 heavy (non-hydrogen) atoms. The van der Waals surface area contributed by atoms with E-state index in [-0.39, 0.29) is 17.8 Å². The summed E-state index contributed by atoms with van der Waals surface area (Å²) >= 11 is 5.76. The zero-order chi connectivity index (χ0) is 28.6. The minimum absolute atomic E-state index is 0.129. The molecule has 3 aromatic carbocycles. The van der Waals surface area contributed by atoms with Gasteiger partial charge in [-0.2, -0.15) is 0 Å². The van der Waals surface area contributed by atoms with Crippen LogP contribution in [0.4, 0.5) is 0 Å². The third-order valence-corrected chi connectivity index (χ3v) is 6.37. The van der Waals surface area contributed by atoms with Crippen LogP contribution in [0.2, 0.25) is 0 Å². The summed E-state index contributed by atoms with van der Waals surface area (Å²) in [4.78, 5) is 23.1. The summed E-state index contributed by atoms with van der Waals surface area (Å²) in [7, 11) is 1.88. The first kappa shape index (κ1) is 31.6. The molecule has 1 aromatic heterocycles. The summed E-state index contributed by atoms with van der Waals surface area (Å²) in [5.74, 6) is 1.24. The van der Waals surface area contributed by atoms with E-state index in [1.165, 1.54) is 0 Å². The molecule has 0 aliphatic rings. The van der Waals surface area contributed by atoms with Crippen LogP contribution < -0.4 is 5.32 Å². The van der Waals surface area contributed by atoms with Crippen molar-refractivity contribution >= 4 is 34.4 Å². The molecule has 0 bridgehead atoms. The number of carbonyl (C=O) groups excluding carboxylic acids is 1. The van der Waals surface area contributed by atoms with Crippen LogP contribution in [0.25, 0.3) is 22.2 Å². The number of nitrogens with one attached hydrogen (secondary N) is 3. The zero-order valence-electron chi connectivity index (χ0n) is 23.8. The van der Waals surface area contributed by atoms with Gasteiger partial charge in [-0.3, -0.25) is 10.2 Å². The van der Waals surface area contributed by atoms with E-state index >= 15 is 0 Å². The van der Waals surface area contributed by atoms with Crippen LogP contribution >= 0.6 is 11.6 Å². The van der Waals surface area contributed by atoms with Gasteiger partial charge in [-0.05, 0) is 54.7 Å². The monoisotopic (exact) mass is 547 g/mol. The van der Waals surface area contributed by atoms with Crippen molar-refractivity contribution in [2.75, 3.05) is 19.5 Å². The summed E-state index contributed by atoms with van der Waals surface area (Å²) in [5, 5.41) is 11.0. The van der Waals surface area contributed by atoms with Crippen molar-refractivity contribution in [3.63, 3.8) is 0 Å². The van der Waals surface area contributed by atoms with Gasteiger partial charge in [0.1, 0.15) is 11.7 Å². The van der Waals surface area contributed by atoms with E-state index in [2.05, 4.69) is 22.4 Å². The first-order valence-corrected chi connectivity index (χ1v) is 14.3. The van der Waals surface area contributed by atoms with Gasteiger partial charge in [0.2, 0.25) is 0 Å². The number of nitrogens with zero attached hydrogens (tertiary/aromatic N) is 2.